The molecule has 1 aromatic heterocycles. The molecular formula is C13H16F3N3O2. The highest BCUT2D eigenvalue weighted by atomic mass is 19.4. The zero-order valence-electron chi connectivity index (χ0n) is 11.4. The number of alkyl halides is 3. The van der Waals surface area contributed by atoms with Crippen LogP contribution in [0.3, 0.4) is 0 Å². The van der Waals surface area contributed by atoms with Crippen LogP contribution in [-0.4, -0.2) is 33.7 Å². The van der Waals surface area contributed by atoms with Crippen LogP contribution in [0.1, 0.15) is 49.9 Å². The summed E-state index contributed by atoms with van der Waals surface area (Å²) in [4.78, 5) is 13.9. The Hall–Kier alpha value is -1.60. The number of hydrogen-bond acceptors (Lipinski definition) is 4. The van der Waals surface area contributed by atoms with Gasteiger partial charge >= 0.3 is 6.18 Å². The third-order valence-corrected chi connectivity index (χ3v) is 3.83. The molecule has 116 valence electrons. The average molecular weight is 303 g/mol. The Bertz CT molecular complexity index is 525. The van der Waals surface area contributed by atoms with E-state index in [1.807, 2.05) is 0 Å². The van der Waals surface area contributed by atoms with E-state index in [-0.39, 0.29) is 23.8 Å². The molecule has 3 rings (SSSR count). The van der Waals surface area contributed by atoms with Crippen molar-refractivity contribution < 1.29 is 22.4 Å². The van der Waals surface area contributed by atoms with E-state index in [0.717, 1.165) is 25.7 Å². The maximum Gasteiger partial charge on any atom is 0.397 e. The van der Waals surface area contributed by atoms with Gasteiger partial charge in [0.25, 0.3) is 0 Å². The first-order valence-corrected chi connectivity index (χ1v) is 7.13. The van der Waals surface area contributed by atoms with Gasteiger partial charge in [-0.25, -0.2) is 0 Å². The van der Waals surface area contributed by atoms with Crippen molar-refractivity contribution in [3.8, 4) is 0 Å². The first-order valence-electron chi connectivity index (χ1n) is 7.13. The number of rotatable bonds is 3. The van der Waals surface area contributed by atoms with E-state index >= 15 is 0 Å². The minimum atomic E-state index is -4.38. The number of piperidine rings is 1. The van der Waals surface area contributed by atoms with E-state index in [1.165, 1.54) is 0 Å². The van der Waals surface area contributed by atoms with Crippen molar-refractivity contribution in [2.24, 2.45) is 5.92 Å². The van der Waals surface area contributed by atoms with Crippen molar-refractivity contribution in [1.29, 1.82) is 0 Å². The molecule has 1 aromatic rings. The summed E-state index contributed by atoms with van der Waals surface area (Å²) in [5.74, 6) is -0.178. The van der Waals surface area contributed by atoms with Gasteiger partial charge in [0.05, 0.1) is 0 Å². The topological polar surface area (TPSA) is 59.2 Å². The largest absolute Gasteiger partial charge is 0.423 e. The monoisotopic (exact) mass is 303 g/mol. The third kappa shape index (κ3) is 3.36. The first-order chi connectivity index (χ1) is 9.94. The summed E-state index contributed by atoms with van der Waals surface area (Å²) < 4.78 is 42.1. The average Bonchev–Trinajstić information content (AvgIpc) is 3.17. The molecular weight excluding hydrogens is 287 g/mol. The number of likely N-dealkylation sites (tertiary alicyclic amines) is 1. The molecule has 1 amide bonds. The standard InChI is InChI=1S/C13H16F3N3O2/c14-13(15,16)7-10-17-18-11(21-10)9-3-1-2-6-19(9)12(20)8-4-5-8/h8-9H,1-7H2/t9-/m1/s1. The first kappa shape index (κ1) is 14.3. The van der Waals surface area contributed by atoms with Crippen molar-refractivity contribution in [3.63, 3.8) is 0 Å². The summed E-state index contributed by atoms with van der Waals surface area (Å²) in [5, 5.41) is 7.18. The van der Waals surface area contributed by atoms with Gasteiger partial charge in [0, 0.05) is 12.5 Å². The molecule has 2 heterocycles. The fourth-order valence-electron chi connectivity index (χ4n) is 2.66. The highest BCUT2D eigenvalue weighted by Crippen LogP contribution is 2.37. The lowest BCUT2D eigenvalue weighted by Crippen LogP contribution is -2.39. The minimum absolute atomic E-state index is 0.0651. The predicted molar refractivity (Wildman–Crippen MR) is 65.1 cm³/mol. The van der Waals surface area contributed by atoms with Crippen LogP contribution in [0, 0.1) is 5.92 Å². The number of carbonyl (C=O) groups is 1. The Morgan fingerprint density at radius 1 is 1.24 bits per heavy atom. The fraction of sp³-hybridized carbons (Fsp3) is 0.769. The van der Waals surface area contributed by atoms with Crippen molar-refractivity contribution >= 4 is 5.91 Å². The van der Waals surface area contributed by atoms with E-state index in [2.05, 4.69) is 10.2 Å². The third-order valence-electron chi connectivity index (χ3n) is 3.83. The predicted octanol–water partition coefficient (Wildman–Crippen LogP) is 2.64. The molecule has 2 fully saturated rings. The Balaban J connectivity index is 1.75. The SMILES string of the molecule is O=C(C1CC1)N1CCCC[C@@H]1c1nnc(CC(F)(F)F)o1. The van der Waals surface area contributed by atoms with E-state index in [0.29, 0.717) is 13.0 Å². The van der Waals surface area contributed by atoms with E-state index in [4.69, 9.17) is 4.42 Å². The Morgan fingerprint density at radius 2 is 2.00 bits per heavy atom. The Kier molecular flexibility index (Phi) is 3.62. The van der Waals surface area contributed by atoms with Crippen LogP contribution in [0.15, 0.2) is 4.42 Å². The maximum atomic E-state index is 12.3. The lowest BCUT2D eigenvalue weighted by Gasteiger charge is -2.33. The molecule has 0 N–H and O–H groups in total. The minimum Gasteiger partial charge on any atom is -0.423 e. The molecule has 1 saturated heterocycles. The molecule has 0 spiro atoms. The van der Waals surface area contributed by atoms with Gasteiger partial charge in [-0.3, -0.25) is 4.79 Å². The zero-order chi connectivity index (χ0) is 15.0. The summed E-state index contributed by atoms with van der Waals surface area (Å²) >= 11 is 0. The molecule has 0 aromatic carbocycles. The lowest BCUT2D eigenvalue weighted by molar-refractivity contribution is -0.137. The second-order valence-electron chi connectivity index (χ2n) is 5.64. The van der Waals surface area contributed by atoms with Crippen LogP contribution >= 0.6 is 0 Å². The van der Waals surface area contributed by atoms with E-state index < -0.39 is 18.5 Å². The molecule has 21 heavy (non-hydrogen) atoms. The Morgan fingerprint density at radius 3 is 2.67 bits per heavy atom. The van der Waals surface area contributed by atoms with E-state index in [1.54, 1.807) is 4.90 Å². The molecule has 0 bridgehead atoms. The van der Waals surface area contributed by atoms with Gasteiger partial charge in [0.1, 0.15) is 12.5 Å². The van der Waals surface area contributed by atoms with Crippen molar-refractivity contribution in [2.45, 2.75) is 50.7 Å². The van der Waals surface area contributed by atoms with Crippen LogP contribution < -0.4 is 0 Å². The van der Waals surface area contributed by atoms with Crippen LogP contribution in [0.25, 0.3) is 0 Å². The normalized spacial score (nSPS) is 23.4. The summed E-state index contributed by atoms with van der Waals surface area (Å²) in [6, 6.07) is -0.374. The lowest BCUT2D eigenvalue weighted by atomic mass is 10.0. The maximum absolute atomic E-state index is 12.3. The van der Waals surface area contributed by atoms with Gasteiger partial charge in [-0.2, -0.15) is 13.2 Å². The van der Waals surface area contributed by atoms with Crippen molar-refractivity contribution in [3.05, 3.63) is 11.8 Å². The molecule has 1 aliphatic carbocycles. The number of nitrogens with zero attached hydrogens (tertiary/aromatic N) is 3. The number of hydrogen-bond donors (Lipinski definition) is 0. The van der Waals surface area contributed by atoms with Gasteiger partial charge in [0.2, 0.25) is 17.7 Å². The smallest absolute Gasteiger partial charge is 0.397 e. The van der Waals surface area contributed by atoms with Gasteiger partial charge in [-0.1, -0.05) is 0 Å². The number of amides is 1. The number of halogens is 3. The molecule has 2 aliphatic rings. The molecule has 5 nitrogen and oxygen atoms in total. The molecule has 1 atom stereocenters. The molecule has 1 saturated carbocycles. The Labute approximate surface area is 119 Å². The van der Waals surface area contributed by atoms with E-state index in [9.17, 15) is 18.0 Å². The van der Waals surface area contributed by atoms with Crippen LogP contribution in [0.2, 0.25) is 0 Å². The fourth-order valence-corrected chi connectivity index (χ4v) is 2.66. The van der Waals surface area contributed by atoms with Gasteiger partial charge in [-0.15, -0.1) is 10.2 Å². The second kappa shape index (κ2) is 5.31. The summed E-state index contributed by atoms with van der Waals surface area (Å²) in [5.41, 5.74) is 0. The second-order valence-corrected chi connectivity index (χ2v) is 5.64. The van der Waals surface area contributed by atoms with Crippen LogP contribution in [0.5, 0.6) is 0 Å². The summed E-state index contributed by atoms with van der Waals surface area (Å²) in [7, 11) is 0. The van der Waals surface area contributed by atoms with Crippen LogP contribution in [0.4, 0.5) is 13.2 Å². The molecule has 0 radical (unpaired) electrons. The quantitative estimate of drug-likeness (QED) is 0.861. The number of carbonyl (C=O) groups excluding carboxylic acids is 1. The van der Waals surface area contributed by atoms with Crippen molar-refractivity contribution in [2.75, 3.05) is 6.54 Å². The number of aromatic nitrogens is 2. The van der Waals surface area contributed by atoms with Crippen LogP contribution in [-0.2, 0) is 11.2 Å². The summed E-state index contributed by atoms with van der Waals surface area (Å²) in [6.45, 7) is 0.608. The van der Waals surface area contributed by atoms with Gasteiger partial charge in [0.15, 0.2) is 0 Å². The van der Waals surface area contributed by atoms with Gasteiger partial charge in [-0.05, 0) is 32.1 Å². The summed E-state index contributed by atoms with van der Waals surface area (Å²) in [6.07, 6.45) is -1.36. The van der Waals surface area contributed by atoms with Crippen molar-refractivity contribution in [1.82, 2.24) is 15.1 Å². The molecule has 1 aliphatic heterocycles. The molecule has 0 unspecified atom stereocenters. The highest BCUT2D eigenvalue weighted by Gasteiger charge is 2.40. The molecule has 8 heteroatoms. The highest BCUT2D eigenvalue weighted by molar-refractivity contribution is 5.81. The zero-order valence-corrected chi connectivity index (χ0v) is 11.4. The van der Waals surface area contributed by atoms with Gasteiger partial charge < -0.3 is 9.32 Å².